The van der Waals surface area contributed by atoms with Crippen molar-refractivity contribution in [3.05, 3.63) is 129 Å². The second-order valence-corrected chi connectivity index (χ2v) is 16.5. The van der Waals surface area contributed by atoms with Crippen molar-refractivity contribution in [1.82, 2.24) is 20.0 Å². The quantitative estimate of drug-likeness (QED) is 0.0753. The Morgan fingerprint density at radius 2 is 1.17 bits per heavy atom. The average Bonchev–Trinajstić information content (AvgIpc) is 3.76. The Labute approximate surface area is 351 Å². The maximum absolute atomic E-state index is 13.0. The molecule has 19 heteroatoms. The predicted octanol–water partition coefficient (Wildman–Crippen LogP) is 10.6. The van der Waals surface area contributed by atoms with Gasteiger partial charge >= 0.3 is 24.3 Å². The van der Waals surface area contributed by atoms with Gasteiger partial charge in [0.15, 0.2) is 0 Å². The fourth-order valence-corrected chi connectivity index (χ4v) is 8.88. The molecule has 314 valence electrons. The molecule has 0 amide bonds. The van der Waals surface area contributed by atoms with E-state index in [-0.39, 0.29) is 11.5 Å². The maximum atomic E-state index is 13.0. The summed E-state index contributed by atoms with van der Waals surface area (Å²) in [6.07, 6.45) is -12.8. The number of rotatable bonds is 15. The van der Waals surface area contributed by atoms with Crippen molar-refractivity contribution in [1.29, 1.82) is 0 Å². The van der Waals surface area contributed by atoms with E-state index in [1.54, 1.807) is 51.1 Å². The molecule has 0 radical (unpaired) electrons. The van der Waals surface area contributed by atoms with E-state index in [2.05, 4.69) is 15.2 Å². The molecule has 2 aromatic heterocycles. The molecule has 0 saturated heterocycles. The summed E-state index contributed by atoms with van der Waals surface area (Å²) in [7, 11) is 0. The molecule has 0 bridgehead atoms. The minimum absolute atomic E-state index is 0.120. The number of aliphatic carboxylic acids is 2. The second-order valence-electron chi connectivity index (χ2n) is 13.4. The molecule has 0 saturated carbocycles. The largest absolute Gasteiger partial charge is 0.478 e. The molecule has 0 aliphatic rings. The van der Waals surface area contributed by atoms with Crippen molar-refractivity contribution in [3.8, 4) is 27.8 Å². The number of halogens is 6. The van der Waals surface area contributed by atoms with E-state index < -0.39 is 47.6 Å². The van der Waals surface area contributed by atoms with Gasteiger partial charge in [-0.15, -0.1) is 34.9 Å². The van der Waals surface area contributed by atoms with Crippen molar-refractivity contribution in [2.75, 3.05) is 0 Å². The Hall–Kier alpha value is -5.53. The summed E-state index contributed by atoms with van der Waals surface area (Å²) in [5.74, 6) is -2.02. The van der Waals surface area contributed by atoms with Crippen molar-refractivity contribution in [2.24, 2.45) is 0 Å². The predicted molar refractivity (Wildman–Crippen MR) is 214 cm³/mol. The highest BCUT2D eigenvalue weighted by Crippen LogP contribution is 2.37. The lowest BCUT2D eigenvalue weighted by atomic mass is 10.1. The molecule has 0 aliphatic carbocycles. The second kappa shape index (κ2) is 18.0. The van der Waals surface area contributed by atoms with Crippen LogP contribution in [0, 0.1) is 27.7 Å². The number of thioether (sulfide) groups is 2. The highest BCUT2D eigenvalue weighted by atomic mass is 32.2. The Balaban J connectivity index is 1.08. The molecule has 2 atom stereocenters. The zero-order chi connectivity index (χ0) is 43.5. The Bertz CT molecular complexity index is 2330. The summed E-state index contributed by atoms with van der Waals surface area (Å²) in [5, 5.41) is 29.5. The van der Waals surface area contributed by atoms with Crippen LogP contribution in [0.5, 0.6) is 11.5 Å². The van der Waals surface area contributed by atoms with Gasteiger partial charge in [0, 0.05) is 31.7 Å². The van der Waals surface area contributed by atoms with Crippen molar-refractivity contribution < 1.29 is 55.6 Å². The fraction of sp³-hybridized carbons (Fsp3) is 0.244. The molecule has 4 aromatic carbocycles. The number of carboxylic acids is 2. The lowest BCUT2D eigenvalue weighted by Crippen LogP contribution is -2.47. The number of aryl methyl sites for hydroxylation is 4. The van der Waals surface area contributed by atoms with Gasteiger partial charge in [-0.3, -0.25) is 0 Å². The van der Waals surface area contributed by atoms with E-state index in [1.165, 1.54) is 70.0 Å². The minimum atomic E-state index is -4.47. The molecule has 2 unspecified atom stereocenters. The summed E-state index contributed by atoms with van der Waals surface area (Å²) >= 11 is 4.21. The number of nitrogens with zero attached hydrogens (tertiary/aromatic N) is 4. The number of hydrogen-bond acceptors (Lipinski definition) is 10. The van der Waals surface area contributed by atoms with Crippen LogP contribution < -0.4 is 9.47 Å². The summed E-state index contributed by atoms with van der Waals surface area (Å²) < 4.78 is 89.5. The van der Waals surface area contributed by atoms with Crippen LogP contribution in [-0.2, 0) is 33.4 Å². The SMILES string of the molecule is Cc1cc(SCc2nn(-c3ccc(C(F)(F)F)cc3)nc2C)ccc1OC(C(=O)O)C(Oc1ccc(SCc2sc(-c3ccc(C(F)(F)F)cc3)nc2C)cc1C)C(=O)O. The van der Waals surface area contributed by atoms with Crippen molar-refractivity contribution >= 4 is 46.8 Å². The molecule has 6 rings (SSSR count). The van der Waals surface area contributed by atoms with Crippen LogP contribution in [0.15, 0.2) is 94.7 Å². The normalized spacial score (nSPS) is 12.9. The first kappa shape index (κ1) is 44.0. The molecule has 0 aliphatic heterocycles. The summed E-state index contributed by atoms with van der Waals surface area (Å²) in [6, 6.07) is 19.2. The standard InChI is InChI=1S/C41H34F6N4O6S3/c1-21-17-29(58-19-31-23(3)49-51(50-31)28-11-9-27(10-12-28)41(45,46)47)13-15-32(21)56-35(38(52)53)36(39(54)55)57-33-16-14-30(18-22(33)2)59-20-34-24(4)48-37(60-34)25-5-7-26(8-6-25)40(42,43)44/h5-18,35-36H,19-20H2,1-4H3,(H,52,53)(H,54,55). The lowest BCUT2D eigenvalue weighted by Gasteiger charge is -2.24. The van der Waals surface area contributed by atoms with E-state index in [9.17, 15) is 46.1 Å². The van der Waals surface area contributed by atoms with Crippen LogP contribution in [0.2, 0.25) is 0 Å². The van der Waals surface area contributed by atoms with E-state index in [4.69, 9.17) is 9.47 Å². The molecule has 10 nitrogen and oxygen atoms in total. The van der Waals surface area contributed by atoms with Crippen LogP contribution in [0.1, 0.15) is 44.2 Å². The van der Waals surface area contributed by atoms with Gasteiger partial charge in [0.25, 0.3) is 0 Å². The van der Waals surface area contributed by atoms with Gasteiger partial charge in [0.2, 0.25) is 12.2 Å². The molecule has 0 spiro atoms. The topological polar surface area (TPSA) is 137 Å². The van der Waals surface area contributed by atoms with Gasteiger partial charge in [-0.25, -0.2) is 14.6 Å². The van der Waals surface area contributed by atoms with E-state index in [0.29, 0.717) is 50.3 Å². The third-order valence-corrected chi connectivity index (χ3v) is 12.4. The maximum Gasteiger partial charge on any atom is 0.416 e. The Morgan fingerprint density at radius 1 is 0.683 bits per heavy atom. The molecule has 0 fully saturated rings. The number of benzene rings is 4. The molecule has 2 heterocycles. The number of carboxylic acid groups (broad SMARTS) is 2. The average molecular weight is 889 g/mol. The number of ether oxygens (including phenoxy) is 2. The van der Waals surface area contributed by atoms with E-state index in [1.807, 2.05) is 6.92 Å². The van der Waals surface area contributed by atoms with Gasteiger partial charge in [-0.2, -0.15) is 41.3 Å². The smallest absolute Gasteiger partial charge is 0.416 e. The summed E-state index contributed by atoms with van der Waals surface area (Å²) in [4.78, 5) is 33.1. The van der Waals surface area contributed by atoms with Crippen LogP contribution in [0.3, 0.4) is 0 Å². The van der Waals surface area contributed by atoms with E-state index >= 15 is 0 Å². The fourth-order valence-electron chi connectivity index (χ4n) is 5.67. The number of thiazole rings is 1. The number of carbonyl (C=O) groups is 2. The van der Waals surface area contributed by atoms with Crippen LogP contribution in [0.4, 0.5) is 26.3 Å². The van der Waals surface area contributed by atoms with Gasteiger partial charge in [-0.1, -0.05) is 12.1 Å². The van der Waals surface area contributed by atoms with Gasteiger partial charge in [0.1, 0.15) is 16.5 Å². The van der Waals surface area contributed by atoms with E-state index in [0.717, 1.165) is 44.6 Å². The summed E-state index contributed by atoms with van der Waals surface area (Å²) in [5.41, 5.74) is 2.37. The zero-order valence-electron chi connectivity index (χ0n) is 32.0. The number of alkyl halides is 6. The highest BCUT2D eigenvalue weighted by Gasteiger charge is 2.39. The molecule has 2 N–H and O–H groups in total. The Kier molecular flexibility index (Phi) is 13.2. The number of aromatic nitrogens is 4. The molecule has 60 heavy (non-hydrogen) atoms. The first-order valence-electron chi connectivity index (χ1n) is 17.8. The van der Waals surface area contributed by atoms with Gasteiger partial charge in [-0.05, 0) is 112 Å². The lowest BCUT2D eigenvalue weighted by molar-refractivity contribution is -0.161. The first-order valence-corrected chi connectivity index (χ1v) is 20.6. The minimum Gasteiger partial charge on any atom is -0.478 e. The van der Waals surface area contributed by atoms with Gasteiger partial charge < -0.3 is 19.7 Å². The van der Waals surface area contributed by atoms with Gasteiger partial charge in [0.05, 0.1) is 33.9 Å². The number of hydrogen-bond donors (Lipinski definition) is 2. The third kappa shape index (κ3) is 10.6. The third-order valence-electron chi connectivity index (χ3n) is 8.96. The molecular weight excluding hydrogens is 855 g/mol. The van der Waals surface area contributed by atoms with Crippen molar-refractivity contribution in [3.63, 3.8) is 0 Å². The Morgan fingerprint density at radius 3 is 1.63 bits per heavy atom. The zero-order valence-corrected chi connectivity index (χ0v) is 34.4. The van der Waals surface area contributed by atoms with Crippen molar-refractivity contribution in [2.45, 2.75) is 73.6 Å². The van der Waals surface area contributed by atoms with Crippen LogP contribution >= 0.6 is 34.9 Å². The summed E-state index contributed by atoms with van der Waals surface area (Å²) in [6.45, 7) is 6.91. The molecular formula is C41H34F6N4O6S3. The monoisotopic (exact) mass is 888 g/mol. The van der Waals surface area contributed by atoms with Crippen LogP contribution in [-0.4, -0.2) is 54.3 Å². The molecule has 6 aromatic rings. The first-order chi connectivity index (χ1) is 28.3. The van der Waals surface area contributed by atoms with Crippen LogP contribution in [0.25, 0.3) is 16.3 Å². The highest BCUT2D eigenvalue weighted by molar-refractivity contribution is 7.98.